The molecular formula is C111H171O3P. The van der Waals surface area contributed by atoms with E-state index in [2.05, 4.69) is 400 Å². The second-order valence-electron chi connectivity index (χ2n) is 48.8. The molecule has 0 unspecified atom stereocenters. The van der Waals surface area contributed by atoms with E-state index in [1.807, 2.05) is 0 Å². The molecule has 0 atom stereocenters. The van der Waals surface area contributed by atoms with Gasteiger partial charge in [0.05, 0.1) is 0 Å². The lowest BCUT2D eigenvalue weighted by Gasteiger charge is -2.50. The van der Waals surface area contributed by atoms with Gasteiger partial charge in [0.2, 0.25) is 0 Å². The Hall–Kier alpha value is -5.15. The van der Waals surface area contributed by atoms with Gasteiger partial charge < -0.3 is 0 Å². The second-order valence-corrected chi connectivity index (χ2v) is 49.8. The molecule has 0 saturated carbocycles. The standard InChI is InChI=1S/C111H171O3P/c1-73(2)49-46-52-76(7)109(85-61-55-79(97(10,11)12)67-91(85)103(28,29)30,86-62-56-80(98(13,14)15)68-92(86)104(31,32)33)112-115(113-110(77(8)53-47-50-74(3)4,87-63-57-81(99(16,17)18)69-93(87)105(34,35)36)88-64-58-82(100(19,20)21)70-94(88)106(37,38)39)114-111(78(9)54-48-51-75(5)6,89-65-59-83(101(22,23)24)71-95(89)107(40,41)42)90-66-60-84(102(25,26)27)72-96(90)108(43,44)45/h55-75H,7-9,46-54H2,1-6,10-45H3. The Bertz CT molecular complexity index is 3670. The highest BCUT2D eigenvalue weighted by Crippen LogP contribution is 2.68. The molecule has 0 fully saturated rings. The Labute approximate surface area is 711 Å². The molecule has 0 heterocycles. The summed E-state index contributed by atoms with van der Waals surface area (Å²) in [7, 11) is -2.90. The number of hydrogen-bond donors (Lipinski definition) is 0. The molecule has 6 aromatic rings. The highest BCUT2D eigenvalue weighted by molar-refractivity contribution is 7.41. The van der Waals surface area contributed by atoms with E-state index in [0.717, 1.165) is 88.6 Å². The van der Waals surface area contributed by atoms with Gasteiger partial charge >= 0.3 is 8.60 Å². The van der Waals surface area contributed by atoms with Crippen LogP contribution in [0.5, 0.6) is 0 Å². The Morgan fingerprint density at radius 2 is 0.365 bits per heavy atom. The first-order chi connectivity index (χ1) is 51.8. The van der Waals surface area contributed by atoms with Crippen LogP contribution in [0.15, 0.2) is 146 Å². The van der Waals surface area contributed by atoms with E-state index in [9.17, 15) is 13.6 Å². The maximum absolute atomic E-state index is 9.69. The Balaban J connectivity index is 2.31. The molecule has 638 valence electrons. The zero-order chi connectivity index (χ0) is 88.1. The minimum Gasteiger partial charge on any atom is -0.291 e. The molecule has 0 bridgehead atoms. The lowest BCUT2D eigenvalue weighted by atomic mass is 9.67. The van der Waals surface area contributed by atoms with Gasteiger partial charge in [0.25, 0.3) is 0 Å². The van der Waals surface area contributed by atoms with E-state index >= 15 is 0 Å². The van der Waals surface area contributed by atoms with Crippen LogP contribution in [0.2, 0.25) is 0 Å². The molecule has 0 radical (unpaired) electrons. The summed E-state index contributed by atoms with van der Waals surface area (Å²) in [5.74, 6) is 1.32. The maximum Gasteiger partial charge on any atom is 0.337 e. The molecule has 0 amide bonds. The van der Waals surface area contributed by atoms with Crippen molar-refractivity contribution in [3.63, 3.8) is 0 Å². The topological polar surface area (TPSA) is 27.7 Å². The van der Waals surface area contributed by atoms with Crippen molar-refractivity contribution in [1.29, 1.82) is 0 Å². The van der Waals surface area contributed by atoms with Crippen LogP contribution in [-0.2, 0) is 95.4 Å². The molecule has 115 heavy (non-hydrogen) atoms. The molecule has 0 aliphatic rings. The van der Waals surface area contributed by atoms with Crippen LogP contribution in [0.25, 0.3) is 0 Å². The minimum atomic E-state index is -2.90. The minimum absolute atomic E-state index is 0.202. The summed E-state index contributed by atoms with van der Waals surface area (Å²) in [4.78, 5) is 0. The molecule has 0 aromatic heterocycles. The van der Waals surface area contributed by atoms with Crippen molar-refractivity contribution in [2.75, 3.05) is 0 Å². The number of rotatable bonds is 27. The van der Waals surface area contributed by atoms with Gasteiger partial charge in [-0.05, 0) is 238 Å². The van der Waals surface area contributed by atoms with Gasteiger partial charge in [0.15, 0.2) is 0 Å². The monoisotopic (exact) mass is 1580 g/mol. The third kappa shape index (κ3) is 23.1. The Kier molecular flexibility index (Phi) is 30.1. The first-order valence-electron chi connectivity index (χ1n) is 44.6. The van der Waals surface area contributed by atoms with E-state index < -0.39 is 57.9 Å². The maximum atomic E-state index is 9.69. The summed E-state index contributed by atoms with van der Waals surface area (Å²) in [6.45, 7) is 117. The quantitative estimate of drug-likeness (QED) is 0.0380. The lowest BCUT2D eigenvalue weighted by molar-refractivity contribution is 0.00977. The third-order valence-corrected chi connectivity index (χ3v) is 25.6. The van der Waals surface area contributed by atoms with Crippen molar-refractivity contribution in [3.05, 3.63) is 246 Å². The predicted molar refractivity (Wildman–Crippen MR) is 509 cm³/mol. The summed E-state index contributed by atoms with van der Waals surface area (Å²) in [5.41, 5.74) is 15.5. The van der Waals surface area contributed by atoms with Crippen molar-refractivity contribution in [2.45, 2.75) is 430 Å². The highest BCUT2D eigenvalue weighted by Gasteiger charge is 2.57. The van der Waals surface area contributed by atoms with Crippen LogP contribution in [0.3, 0.4) is 0 Å². The predicted octanol–water partition coefficient (Wildman–Crippen LogP) is 33.8. The largest absolute Gasteiger partial charge is 0.337 e. The molecule has 0 spiro atoms. The number of hydrogen-bond acceptors (Lipinski definition) is 3. The summed E-state index contributed by atoms with van der Waals surface area (Å²) in [6, 6.07) is 44.4. The van der Waals surface area contributed by atoms with Crippen LogP contribution in [0.4, 0.5) is 0 Å². The van der Waals surface area contributed by atoms with Gasteiger partial charge in [-0.2, -0.15) is 0 Å². The molecular weight excluding hydrogens is 1410 g/mol. The van der Waals surface area contributed by atoms with Gasteiger partial charge in [-0.25, -0.2) is 0 Å². The van der Waals surface area contributed by atoms with E-state index in [1.165, 1.54) is 66.8 Å². The van der Waals surface area contributed by atoms with Gasteiger partial charge in [0, 0.05) is 0 Å². The smallest absolute Gasteiger partial charge is 0.291 e. The molecule has 6 aromatic carbocycles. The van der Waals surface area contributed by atoms with Crippen LogP contribution in [0.1, 0.15) is 449 Å². The third-order valence-electron chi connectivity index (χ3n) is 24.3. The first-order valence-corrected chi connectivity index (χ1v) is 45.7. The Morgan fingerprint density at radius 1 is 0.226 bits per heavy atom. The van der Waals surface area contributed by atoms with Gasteiger partial charge in [-0.3, -0.25) is 13.6 Å². The van der Waals surface area contributed by atoms with Crippen LogP contribution in [-0.4, -0.2) is 0 Å². The average molecular weight is 1580 g/mol. The fraction of sp³-hybridized carbons (Fsp3) is 0.622. The summed E-state index contributed by atoms with van der Waals surface area (Å²) >= 11 is 0. The Morgan fingerprint density at radius 3 is 0.478 bits per heavy atom. The molecule has 0 N–H and O–H groups in total. The van der Waals surface area contributed by atoms with E-state index in [0.29, 0.717) is 37.0 Å². The molecule has 6 rings (SSSR count). The number of benzene rings is 6. The van der Waals surface area contributed by atoms with Crippen LogP contribution >= 0.6 is 8.60 Å². The SMILES string of the molecule is C=C(CCCC(C)C)C(OP(OC(C(=C)CCCC(C)C)(c1ccc(C(C)(C)C)cc1C(C)(C)C)c1ccc(C(C)(C)C)cc1C(C)(C)C)OC(C(=C)CCCC(C)C)(c1ccc(C(C)(C)C)cc1C(C)(C)C)c1ccc(C(C)(C)C)cc1C(C)(C)C)(c1ccc(C(C)(C)C)cc1C(C)(C)C)c1ccc(C(C)(C)C)cc1C(C)(C)C. The molecule has 0 aliphatic heterocycles. The zero-order valence-corrected chi connectivity index (χ0v) is 83.2. The van der Waals surface area contributed by atoms with Crippen molar-refractivity contribution in [3.8, 4) is 0 Å². The molecule has 0 aliphatic carbocycles. The van der Waals surface area contributed by atoms with Crippen molar-refractivity contribution >= 4 is 8.60 Å². The van der Waals surface area contributed by atoms with Crippen LogP contribution in [0, 0.1) is 17.8 Å². The summed E-state index contributed by atoms with van der Waals surface area (Å²) < 4.78 is 29.1. The van der Waals surface area contributed by atoms with Crippen molar-refractivity contribution < 1.29 is 13.6 Å². The van der Waals surface area contributed by atoms with Gasteiger partial charge in [0.1, 0.15) is 16.8 Å². The van der Waals surface area contributed by atoms with E-state index in [4.69, 9.17) is 19.7 Å². The summed E-state index contributed by atoms with van der Waals surface area (Å²) in [6.07, 6.45) is 7.64. The van der Waals surface area contributed by atoms with Crippen molar-refractivity contribution in [1.82, 2.24) is 0 Å². The average Bonchev–Trinajstić information content (AvgIpc) is 0.710. The molecule has 4 heteroatoms. The zero-order valence-electron chi connectivity index (χ0n) is 82.3. The normalized spacial score (nSPS) is 14.1. The molecule has 0 saturated heterocycles. The highest BCUT2D eigenvalue weighted by atomic mass is 31.2. The fourth-order valence-corrected chi connectivity index (χ4v) is 18.5. The lowest BCUT2D eigenvalue weighted by Crippen LogP contribution is -2.43. The van der Waals surface area contributed by atoms with Crippen LogP contribution < -0.4 is 0 Å². The second kappa shape index (κ2) is 35.1. The van der Waals surface area contributed by atoms with Crippen molar-refractivity contribution in [2.24, 2.45) is 17.8 Å². The summed E-state index contributed by atoms with van der Waals surface area (Å²) in [5, 5.41) is 0. The first kappa shape index (κ1) is 98.7. The van der Waals surface area contributed by atoms with E-state index in [1.54, 1.807) is 0 Å². The fourth-order valence-electron chi connectivity index (χ4n) is 16.8. The van der Waals surface area contributed by atoms with Gasteiger partial charge in [-0.1, -0.05) is 439 Å². The van der Waals surface area contributed by atoms with Gasteiger partial charge in [-0.15, -0.1) is 0 Å². The van der Waals surface area contributed by atoms with E-state index in [-0.39, 0.29) is 32.5 Å². The molecule has 3 nitrogen and oxygen atoms in total.